The third kappa shape index (κ3) is 5.56. The van der Waals surface area contributed by atoms with Gasteiger partial charge in [0.1, 0.15) is 0 Å². The first-order chi connectivity index (χ1) is 13.1. The zero-order valence-corrected chi connectivity index (χ0v) is 15.9. The number of aryl methyl sites for hydroxylation is 1. The summed E-state index contributed by atoms with van der Waals surface area (Å²) >= 11 is 2.63. The molecule has 0 fully saturated rings. The van der Waals surface area contributed by atoms with Crippen LogP contribution in [0.2, 0.25) is 0 Å². The minimum atomic E-state index is -0.208. The van der Waals surface area contributed by atoms with Crippen molar-refractivity contribution in [3.05, 3.63) is 62.1 Å². The highest BCUT2D eigenvalue weighted by Gasteiger charge is 2.11. The van der Waals surface area contributed by atoms with Crippen LogP contribution in [-0.2, 0) is 17.8 Å². The van der Waals surface area contributed by atoms with Crippen LogP contribution < -0.4 is 16.2 Å². The molecule has 8 nitrogen and oxygen atoms in total. The molecule has 3 aromatic rings. The van der Waals surface area contributed by atoms with Gasteiger partial charge in [-0.3, -0.25) is 19.7 Å². The van der Waals surface area contributed by atoms with Gasteiger partial charge in [0, 0.05) is 30.7 Å². The SMILES string of the molecule is O=C(Cc1csc(NC(=O)c2cccs2)n1)NCCCn1ncccc1=O. The summed E-state index contributed by atoms with van der Waals surface area (Å²) in [4.78, 5) is 40.4. The molecule has 3 aromatic heterocycles. The van der Waals surface area contributed by atoms with Crippen LogP contribution in [-0.4, -0.2) is 33.1 Å². The van der Waals surface area contributed by atoms with Crippen molar-refractivity contribution in [2.75, 3.05) is 11.9 Å². The molecule has 0 saturated carbocycles. The lowest BCUT2D eigenvalue weighted by molar-refractivity contribution is -0.120. The molecule has 140 valence electrons. The third-order valence-electron chi connectivity index (χ3n) is 3.51. The van der Waals surface area contributed by atoms with Crippen LogP contribution in [0.4, 0.5) is 5.13 Å². The number of nitrogens with zero attached hydrogens (tertiary/aromatic N) is 3. The third-order valence-corrected chi connectivity index (χ3v) is 5.19. The molecule has 0 spiro atoms. The largest absolute Gasteiger partial charge is 0.356 e. The lowest BCUT2D eigenvalue weighted by atomic mass is 10.3. The maximum atomic E-state index is 12.0. The predicted molar refractivity (Wildman–Crippen MR) is 104 cm³/mol. The highest BCUT2D eigenvalue weighted by atomic mass is 32.1. The van der Waals surface area contributed by atoms with Crippen molar-refractivity contribution >= 4 is 39.6 Å². The Hall–Kier alpha value is -2.85. The molecule has 27 heavy (non-hydrogen) atoms. The van der Waals surface area contributed by atoms with Gasteiger partial charge in [0.05, 0.1) is 17.0 Å². The molecule has 2 N–H and O–H groups in total. The smallest absolute Gasteiger partial charge is 0.267 e. The van der Waals surface area contributed by atoms with E-state index in [2.05, 4.69) is 20.7 Å². The fourth-order valence-corrected chi connectivity index (χ4v) is 3.58. The van der Waals surface area contributed by atoms with Crippen molar-refractivity contribution < 1.29 is 9.59 Å². The second-order valence-corrected chi connectivity index (χ2v) is 7.35. The Bertz CT molecular complexity index is 965. The average molecular weight is 403 g/mol. The van der Waals surface area contributed by atoms with Crippen molar-refractivity contribution in [2.45, 2.75) is 19.4 Å². The molecule has 0 aliphatic carbocycles. The van der Waals surface area contributed by atoms with Crippen molar-refractivity contribution in [2.24, 2.45) is 0 Å². The molecule has 3 heterocycles. The molecule has 0 atom stereocenters. The first-order valence-corrected chi connectivity index (χ1v) is 9.96. The van der Waals surface area contributed by atoms with E-state index in [1.807, 2.05) is 5.38 Å². The minimum absolute atomic E-state index is 0.134. The minimum Gasteiger partial charge on any atom is -0.356 e. The first kappa shape index (κ1) is 18.9. The second kappa shape index (κ2) is 9.19. The molecule has 2 amide bonds. The molecular weight excluding hydrogens is 386 g/mol. The predicted octanol–water partition coefficient (Wildman–Crippen LogP) is 1.76. The summed E-state index contributed by atoms with van der Waals surface area (Å²) in [5.74, 6) is -0.370. The van der Waals surface area contributed by atoms with Gasteiger partial charge < -0.3 is 5.32 Å². The Morgan fingerprint density at radius 2 is 2.07 bits per heavy atom. The number of hydrogen-bond acceptors (Lipinski definition) is 7. The summed E-state index contributed by atoms with van der Waals surface area (Å²) in [7, 11) is 0. The highest BCUT2D eigenvalue weighted by molar-refractivity contribution is 7.14. The molecular formula is C17H17N5O3S2. The number of nitrogens with one attached hydrogen (secondary N) is 2. The summed E-state index contributed by atoms with van der Waals surface area (Å²) in [6.45, 7) is 0.878. The monoisotopic (exact) mass is 403 g/mol. The topological polar surface area (TPSA) is 106 Å². The summed E-state index contributed by atoms with van der Waals surface area (Å²) in [6, 6.07) is 6.58. The summed E-state index contributed by atoms with van der Waals surface area (Å²) in [5.41, 5.74) is 0.434. The van der Waals surface area contributed by atoms with E-state index >= 15 is 0 Å². The molecule has 0 radical (unpaired) electrons. The van der Waals surface area contributed by atoms with Crippen LogP contribution in [0.15, 0.2) is 46.0 Å². The van der Waals surface area contributed by atoms with E-state index < -0.39 is 0 Å². The van der Waals surface area contributed by atoms with Crippen molar-refractivity contribution in [3.63, 3.8) is 0 Å². The van der Waals surface area contributed by atoms with E-state index in [-0.39, 0.29) is 23.8 Å². The van der Waals surface area contributed by atoms with E-state index in [1.165, 1.54) is 33.4 Å². The number of rotatable bonds is 8. The summed E-state index contributed by atoms with van der Waals surface area (Å²) in [5, 5.41) is 13.5. The van der Waals surface area contributed by atoms with Gasteiger partial charge in [-0.15, -0.1) is 22.7 Å². The van der Waals surface area contributed by atoms with Gasteiger partial charge in [-0.2, -0.15) is 5.10 Å². The lowest BCUT2D eigenvalue weighted by Gasteiger charge is -2.05. The molecule has 3 rings (SSSR count). The number of amides is 2. The highest BCUT2D eigenvalue weighted by Crippen LogP contribution is 2.18. The Morgan fingerprint density at radius 3 is 2.85 bits per heavy atom. The van der Waals surface area contributed by atoms with E-state index in [1.54, 1.807) is 29.8 Å². The molecule has 0 unspecified atom stereocenters. The van der Waals surface area contributed by atoms with Crippen LogP contribution in [0.25, 0.3) is 0 Å². The molecule has 0 saturated heterocycles. The van der Waals surface area contributed by atoms with Crippen LogP contribution in [0.1, 0.15) is 21.8 Å². The van der Waals surface area contributed by atoms with Crippen LogP contribution >= 0.6 is 22.7 Å². The van der Waals surface area contributed by atoms with Crippen molar-refractivity contribution in [3.8, 4) is 0 Å². The second-order valence-electron chi connectivity index (χ2n) is 5.54. The van der Waals surface area contributed by atoms with Crippen molar-refractivity contribution in [1.29, 1.82) is 0 Å². The zero-order chi connectivity index (χ0) is 19.1. The van der Waals surface area contributed by atoms with E-state index in [9.17, 15) is 14.4 Å². The number of carbonyl (C=O) groups excluding carboxylic acids is 2. The molecule has 10 heteroatoms. The molecule has 0 bridgehead atoms. The number of anilines is 1. The van der Waals surface area contributed by atoms with Crippen molar-refractivity contribution in [1.82, 2.24) is 20.1 Å². The first-order valence-electron chi connectivity index (χ1n) is 8.20. The summed E-state index contributed by atoms with van der Waals surface area (Å²) in [6.07, 6.45) is 2.29. The average Bonchev–Trinajstić information content (AvgIpc) is 3.32. The fourth-order valence-electron chi connectivity index (χ4n) is 2.25. The Balaban J connectivity index is 1.41. The fraction of sp³-hybridized carbons (Fsp3) is 0.235. The maximum Gasteiger partial charge on any atom is 0.267 e. The lowest BCUT2D eigenvalue weighted by Crippen LogP contribution is -2.28. The number of thiophene rings is 1. The summed E-state index contributed by atoms with van der Waals surface area (Å²) < 4.78 is 1.36. The quantitative estimate of drug-likeness (QED) is 0.558. The van der Waals surface area contributed by atoms with Gasteiger partial charge in [0.2, 0.25) is 5.91 Å². The van der Waals surface area contributed by atoms with Gasteiger partial charge in [0.25, 0.3) is 11.5 Å². The Labute approximate surface area is 162 Å². The number of thiazole rings is 1. The van der Waals surface area contributed by atoms with Crippen LogP contribution in [0.5, 0.6) is 0 Å². The normalized spacial score (nSPS) is 10.5. The van der Waals surface area contributed by atoms with Gasteiger partial charge in [-0.05, 0) is 23.9 Å². The van der Waals surface area contributed by atoms with E-state index in [0.29, 0.717) is 35.2 Å². The zero-order valence-electron chi connectivity index (χ0n) is 14.3. The van der Waals surface area contributed by atoms with E-state index in [4.69, 9.17) is 0 Å². The Morgan fingerprint density at radius 1 is 1.19 bits per heavy atom. The van der Waals surface area contributed by atoms with Crippen LogP contribution in [0, 0.1) is 0 Å². The molecule has 0 aliphatic rings. The van der Waals surface area contributed by atoms with Crippen LogP contribution in [0.3, 0.4) is 0 Å². The number of hydrogen-bond donors (Lipinski definition) is 2. The van der Waals surface area contributed by atoms with Gasteiger partial charge >= 0.3 is 0 Å². The van der Waals surface area contributed by atoms with E-state index in [0.717, 1.165) is 0 Å². The number of aromatic nitrogens is 3. The molecule has 0 aromatic carbocycles. The van der Waals surface area contributed by atoms with Gasteiger partial charge in [0.15, 0.2) is 5.13 Å². The maximum absolute atomic E-state index is 12.0. The number of carbonyl (C=O) groups is 2. The van der Waals surface area contributed by atoms with Gasteiger partial charge in [-0.25, -0.2) is 9.67 Å². The Kier molecular flexibility index (Phi) is 6.44. The van der Waals surface area contributed by atoms with Gasteiger partial charge in [-0.1, -0.05) is 6.07 Å². The molecule has 0 aliphatic heterocycles. The standard InChI is InChI=1S/C17H17N5O3S2/c23-14(18-6-3-8-22-15(24)5-1-7-19-22)10-12-11-27-17(20-12)21-16(25)13-4-2-9-26-13/h1-2,4-5,7,9,11H,3,6,8,10H2,(H,18,23)(H,20,21,25).